The fraction of sp³-hybridized carbons (Fsp3) is 0.421. The Morgan fingerprint density at radius 3 is 2.80 bits per heavy atom. The highest BCUT2D eigenvalue weighted by Crippen LogP contribution is 2.36. The summed E-state index contributed by atoms with van der Waals surface area (Å²) in [6.45, 7) is 6.74. The minimum atomic E-state index is -0.0687. The van der Waals surface area contributed by atoms with Crippen LogP contribution in [-0.4, -0.2) is 32.1 Å². The lowest BCUT2D eigenvalue weighted by Gasteiger charge is -2.24. The van der Waals surface area contributed by atoms with Crippen molar-refractivity contribution in [3.63, 3.8) is 0 Å². The molecule has 0 spiro atoms. The summed E-state index contributed by atoms with van der Waals surface area (Å²) in [6.07, 6.45) is 1.94. The lowest BCUT2D eigenvalue weighted by Crippen LogP contribution is -2.30. The number of fused-ring (bicyclic) bond motifs is 1. The zero-order valence-electron chi connectivity index (χ0n) is 15.0. The van der Waals surface area contributed by atoms with Gasteiger partial charge in [0, 0.05) is 36.6 Å². The van der Waals surface area contributed by atoms with Crippen molar-refractivity contribution < 1.29 is 9.21 Å². The summed E-state index contributed by atoms with van der Waals surface area (Å²) in [7, 11) is 1.94. The van der Waals surface area contributed by atoms with Gasteiger partial charge in [-0.25, -0.2) is 4.98 Å². The first-order valence-electron chi connectivity index (χ1n) is 8.64. The lowest BCUT2D eigenvalue weighted by atomic mass is 10.0. The van der Waals surface area contributed by atoms with Crippen LogP contribution >= 0.6 is 0 Å². The van der Waals surface area contributed by atoms with Gasteiger partial charge in [0.15, 0.2) is 11.3 Å². The summed E-state index contributed by atoms with van der Waals surface area (Å²) in [4.78, 5) is 19.4. The quantitative estimate of drug-likeness (QED) is 0.718. The highest BCUT2D eigenvalue weighted by molar-refractivity contribution is 5.95. The van der Waals surface area contributed by atoms with Crippen molar-refractivity contribution in [1.82, 2.24) is 19.7 Å². The summed E-state index contributed by atoms with van der Waals surface area (Å²) in [5, 5.41) is 4.51. The summed E-state index contributed by atoms with van der Waals surface area (Å²) in [6, 6.07) is 5.57. The molecule has 0 bridgehead atoms. The number of aryl methyl sites for hydroxylation is 3. The fourth-order valence-electron chi connectivity index (χ4n) is 3.85. The third kappa shape index (κ3) is 2.52. The number of nitrogens with zero attached hydrogens (tertiary/aromatic N) is 4. The average Bonchev–Trinajstić information content (AvgIpc) is 3.25. The number of rotatable bonds is 2. The number of carbonyl (C=O) groups excluding carboxylic acids is 1. The molecule has 0 radical (unpaired) electrons. The molecule has 1 fully saturated rings. The number of likely N-dealkylation sites (tertiary alicyclic amines) is 1. The summed E-state index contributed by atoms with van der Waals surface area (Å²) >= 11 is 0. The fourth-order valence-corrected chi connectivity index (χ4v) is 3.85. The van der Waals surface area contributed by atoms with Gasteiger partial charge in [-0.05, 0) is 45.7 Å². The molecule has 1 amide bonds. The maximum atomic E-state index is 13.1. The van der Waals surface area contributed by atoms with Gasteiger partial charge < -0.3 is 9.32 Å². The number of amides is 1. The van der Waals surface area contributed by atoms with E-state index < -0.39 is 0 Å². The van der Waals surface area contributed by atoms with E-state index in [4.69, 9.17) is 4.42 Å². The second-order valence-electron chi connectivity index (χ2n) is 6.81. The number of carbonyl (C=O) groups is 1. The Bertz CT molecular complexity index is 969. The van der Waals surface area contributed by atoms with Crippen LogP contribution in [0.1, 0.15) is 52.1 Å². The molecular weight excluding hydrogens is 316 g/mol. The molecule has 0 unspecified atom stereocenters. The van der Waals surface area contributed by atoms with Crippen LogP contribution in [0.5, 0.6) is 0 Å². The average molecular weight is 338 g/mol. The van der Waals surface area contributed by atoms with E-state index in [9.17, 15) is 4.79 Å². The Balaban J connectivity index is 1.70. The molecule has 3 aromatic rings. The SMILES string of the molecule is Cc1ccc2oc(C(=O)N3CCC[C@H]3c3c(C)nn(C)c3C)cc2n1. The van der Waals surface area contributed by atoms with E-state index >= 15 is 0 Å². The summed E-state index contributed by atoms with van der Waals surface area (Å²) in [5.74, 6) is 0.292. The Hall–Kier alpha value is -2.63. The Morgan fingerprint density at radius 2 is 2.08 bits per heavy atom. The van der Waals surface area contributed by atoms with Gasteiger partial charge in [0.1, 0.15) is 5.52 Å². The van der Waals surface area contributed by atoms with Gasteiger partial charge >= 0.3 is 0 Å². The van der Waals surface area contributed by atoms with E-state index in [-0.39, 0.29) is 11.9 Å². The van der Waals surface area contributed by atoms with Crippen molar-refractivity contribution in [3.8, 4) is 0 Å². The molecule has 0 N–H and O–H groups in total. The van der Waals surface area contributed by atoms with Crippen molar-refractivity contribution in [2.24, 2.45) is 7.05 Å². The van der Waals surface area contributed by atoms with Crippen LogP contribution in [-0.2, 0) is 7.05 Å². The van der Waals surface area contributed by atoms with Crippen LogP contribution in [0.3, 0.4) is 0 Å². The Labute approximate surface area is 146 Å². The molecule has 4 rings (SSSR count). The number of pyridine rings is 1. The second kappa shape index (κ2) is 5.72. The van der Waals surface area contributed by atoms with Crippen molar-refractivity contribution in [3.05, 3.63) is 46.6 Å². The van der Waals surface area contributed by atoms with Crippen LogP contribution in [0.4, 0.5) is 0 Å². The van der Waals surface area contributed by atoms with Gasteiger partial charge in [0.2, 0.25) is 0 Å². The Morgan fingerprint density at radius 1 is 1.28 bits per heavy atom. The van der Waals surface area contributed by atoms with Gasteiger partial charge in [-0.2, -0.15) is 5.10 Å². The number of hydrogen-bond acceptors (Lipinski definition) is 4. The minimum absolute atomic E-state index is 0.0594. The monoisotopic (exact) mass is 338 g/mol. The molecular formula is C19H22N4O2. The molecule has 6 heteroatoms. The highest BCUT2D eigenvalue weighted by Gasteiger charge is 2.35. The maximum Gasteiger partial charge on any atom is 0.290 e. The van der Waals surface area contributed by atoms with E-state index in [1.165, 1.54) is 5.56 Å². The van der Waals surface area contributed by atoms with Gasteiger partial charge in [-0.15, -0.1) is 0 Å². The van der Waals surface area contributed by atoms with Crippen LogP contribution < -0.4 is 0 Å². The third-order valence-electron chi connectivity index (χ3n) is 5.14. The zero-order chi connectivity index (χ0) is 17.7. The van der Waals surface area contributed by atoms with Crippen molar-refractivity contribution >= 4 is 17.0 Å². The van der Waals surface area contributed by atoms with Gasteiger partial charge in [0.05, 0.1) is 11.7 Å². The third-order valence-corrected chi connectivity index (χ3v) is 5.14. The minimum Gasteiger partial charge on any atom is -0.449 e. The molecule has 1 atom stereocenters. The van der Waals surface area contributed by atoms with Gasteiger partial charge in [-0.1, -0.05) is 0 Å². The normalized spacial score (nSPS) is 17.6. The molecule has 25 heavy (non-hydrogen) atoms. The number of aromatic nitrogens is 3. The molecule has 0 saturated carbocycles. The van der Waals surface area contributed by atoms with Crippen LogP contribution in [0, 0.1) is 20.8 Å². The summed E-state index contributed by atoms with van der Waals surface area (Å²) < 4.78 is 7.66. The number of hydrogen-bond donors (Lipinski definition) is 0. The molecule has 130 valence electrons. The van der Waals surface area contributed by atoms with Crippen LogP contribution in [0.15, 0.2) is 22.6 Å². The van der Waals surface area contributed by atoms with Crippen molar-refractivity contribution in [2.75, 3.05) is 6.54 Å². The molecule has 1 saturated heterocycles. The van der Waals surface area contributed by atoms with Gasteiger partial charge in [0.25, 0.3) is 5.91 Å². The molecule has 6 nitrogen and oxygen atoms in total. The van der Waals surface area contributed by atoms with E-state index in [1.807, 2.05) is 42.6 Å². The smallest absolute Gasteiger partial charge is 0.290 e. The predicted octanol–water partition coefficient (Wildman–Crippen LogP) is 3.46. The molecule has 0 aromatic carbocycles. The summed E-state index contributed by atoms with van der Waals surface area (Å²) in [5.41, 5.74) is 5.56. The lowest BCUT2D eigenvalue weighted by molar-refractivity contribution is 0.0705. The zero-order valence-corrected chi connectivity index (χ0v) is 15.0. The maximum absolute atomic E-state index is 13.1. The first-order valence-corrected chi connectivity index (χ1v) is 8.64. The van der Waals surface area contributed by atoms with Gasteiger partial charge in [-0.3, -0.25) is 9.48 Å². The molecule has 0 aliphatic carbocycles. The van der Waals surface area contributed by atoms with E-state index in [0.717, 1.165) is 42.0 Å². The van der Waals surface area contributed by atoms with Crippen LogP contribution in [0.25, 0.3) is 11.1 Å². The first kappa shape index (κ1) is 15.9. The topological polar surface area (TPSA) is 64.2 Å². The first-order chi connectivity index (χ1) is 12.0. The second-order valence-corrected chi connectivity index (χ2v) is 6.81. The highest BCUT2D eigenvalue weighted by atomic mass is 16.3. The number of furan rings is 1. The van der Waals surface area contributed by atoms with E-state index in [2.05, 4.69) is 17.0 Å². The molecule has 1 aliphatic heterocycles. The van der Waals surface area contributed by atoms with Crippen LogP contribution in [0.2, 0.25) is 0 Å². The Kier molecular flexibility index (Phi) is 3.63. The predicted molar refractivity (Wildman–Crippen MR) is 94.4 cm³/mol. The van der Waals surface area contributed by atoms with E-state index in [1.54, 1.807) is 6.07 Å². The molecule has 3 aromatic heterocycles. The standard InChI is InChI=1S/C19H22N4O2/c1-11-7-8-16-14(20-11)10-17(25-16)19(24)23-9-5-6-15(23)18-12(2)21-22(4)13(18)3/h7-8,10,15H,5-6,9H2,1-4H3/t15-/m0/s1. The molecule has 1 aliphatic rings. The van der Waals surface area contributed by atoms with Crippen molar-refractivity contribution in [2.45, 2.75) is 39.7 Å². The van der Waals surface area contributed by atoms with E-state index in [0.29, 0.717) is 11.3 Å². The van der Waals surface area contributed by atoms with Crippen molar-refractivity contribution in [1.29, 1.82) is 0 Å². The largest absolute Gasteiger partial charge is 0.449 e. The molecule has 4 heterocycles.